The molecule has 3 aromatic rings. The number of benzene rings is 1. The van der Waals surface area contributed by atoms with Crippen molar-refractivity contribution in [2.24, 2.45) is 0 Å². The van der Waals surface area contributed by atoms with Crippen molar-refractivity contribution in [2.45, 2.75) is 12.8 Å². The molecule has 0 aliphatic rings. The average molecular weight is 345 g/mol. The maximum absolute atomic E-state index is 12.8. The number of nitrogens with one attached hydrogen (secondary N) is 1. The molecule has 1 N–H and O–H groups in total. The summed E-state index contributed by atoms with van der Waals surface area (Å²) in [7, 11) is 0. The number of hydrogen-bond donors (Lipinski definition) is 1. The van der Waals surface area contributed by atoms with E-state index in [-0.39, 0.29) is 16.8 Å². The minimum Gasteiger partial charge on any atom is -0.434 e. The lowest BCUT2D eigenvalue weighted by Crippen LogP contribution is -2.17. The van der Waals surface area contributed by atoms with Gasteiger partial charge in [0.25, 0.3) is 0 Å². The van der Waals surface area contributed by atoms with Crippen LogP contribution in [0.4, 0.5) is 22.0 Å². The van der Waals surface area contributed by atoms with Crippen molar-refractivity contribution in [1.82, 2.24) is 14.6 Å². The molecule has 2 aromatic heterocycles. The summed E-state index contributed by atoms with van der Waals surface area (Å²) in [6.45, 7) is -3.32. The van der Waals surface area contributed by atoms with Gasteiger partial charge >= 0.3 is 18.5 Å². The average Bonchev–Trinajstić information content (AvgIpc) is 2.97. The lowest BCUT2D eigenvalue weighted by molar-refractivity contribution is -0.138. The van der Waals surface area contributed by atoms with Crippen molar-refractivity contribution in [3.8, 4) is 17.0 Å². The van der Waals surface area contributed by atoms with Crippen LogP contribution in [0.3, 0.4) is 0 Å². The Morgan fingerprint density at radius 1 is 1.21 bits per heavy atom. The molecule has 0 radical (unpaired) electrons. The highest BCUT2D eigenvalue weighted by Crippen LogP contribution is 2.38. The largest absolute Gasteiger partial charge is 0.434 e. The van der Waals surface area contributed by atoms with Crippen LogP contribution in [0.5, 0.6) is 5.75 Å². The molecule has 0 aliphatic heterocycles. The van der Waals surface area contributed by atoms with Crippen LogP contribution >= 0.6 is 0 Å². The second-order valence-corrected chi connectivity index (χ2v) is 4.73. The van der Waals surface area contributed by atoms with Gasteiger partial charge in [0.15, 0.2) is 0 Å². The molecule has 0 aliphatic carbocycles. The molecule has 3 rings (SSSR count). The van der Waals surface area contributed by atoms with E-state index in [1.165, 1.54) is 18.3 Å². The first-order chi connectivity index (χ1) is 11.3. The fourth-order valence-corrected chi connectivity index (χ4v) is 2.25. The monoisotopic (exact) mass is 345 g/mol. The first kappa shape index (κ1) is 16.0. The molecular weight excluding hydrogens is 337 g/mol. The van der Waals surface area contributed by atoms with E-state index in [1.807, 2.05) is 0 Å². The molecule has 0 unspecified atom stereocenters. The molecule has 5 nitrogen and oxygen atoms in total. The zero-order valence-electron chi connectivity index (χ0n) is 11.6. The number of aromatic amines is 1. The van der Waals surface area contributed by atoms with Gasteiger partial charge in [0, 0.05) is 11.8 Å². The number of H-pyrrole nitrogens is 1. The predicted octanol–water partition coefficient (Wildman–Crippen LogP) is 3.31. The standard InChI is InChI=1S/C14H8F5N3O2/c15-12(16)24-10-6-7(14(17,18)19)3-4-8(10)11-9-2-1-5-22(9)13(23)21-20-11/h1-6,12H,(H,21,23). The summed E-state index contributed by atoms with van der Waals surface area (Å²) in [6.07, 6.45) is -3.32. The number of aromatic nitrogens is 3. The van der Waals surface area contributed by atoms with Crippen LogP contribution in [0.25, 0.3) is 16.8 Å². The van der Waals surface area contributed by atoms with Crippen LogP contribution in [-0.2, 0) is 6.18 Å². The summed E-state index contributed by atoms with van der Waals surface area (Å²) in [4.78, 5) is 11.6. The van der Waals surface area contributed by atoms with Gasteiger partial charge in [-0.15, -0.1) is 0 Å². The normalized spacial score (nSPS) is 12.1. The summed E-state index contributed by atoms with van der Waals surface area (Å²) < 4.78 is 68.9. The van der Waals surface area contributed by atoms with Gasteiger partial charge in [-0.1, -0.05) is 0 Å². The molecule has 0 bridgehead atoms. The van der Waals surface area contributed by atoms with Crippen molar-refractivity contribution in [3.63, 3.8) is 0 Å². The van der Waals surface area contributed by atoms with E-state index in [4.69, 9.17) is 0 Å². The second kappa shape index (κ2) is 5.62. The van der Waals surface area contributed by atoms with Crippen molar-refractivity contribution in [1.29, 1.82) is 0 Å². The van der Waals surface area contributed by atoms with Crippen LogP contribution < -0.4 is 10.4 Å². The minimum atomic E-state index is -4.72. The molecule has 10 heteroatoms. The number of ether oxygens (including phenoxy) is 1. The molecule has 0 amide bonds. The van der Waals surface area contributed by atoms with E-state index in [1.54, 1.807) is 0 Å². The molecule has 0 atom stereocenters. The van der Waals surface area contributed by atoms with Crippen LogP contribution in [0.1, 0.15) is 5.56 Å². The van der Waals surface area contributed by atoms with Gasteiger partial charge in [-0.25, -0.2) is 9.89 Å². The highest BCUT2D eigenvalue weighted by molar-refractivity contribution is 5.80. The van der Waals surface area contributed by atoms with Gasteiger partial charge in [0.1, 0.15) is 11.4 Å². The number of nitrogens with zero attached hydrogens (tertiary/aromatic N) is 2. The minimum absolute atomic E-state index is 0.00368. The molecule has 2 heterocycles. The number of alkyl halides is 5. The Hall–Kier alpha value is -2.91. The summed E-state index contributed by atoms with van der Waals surface area (Å²) in [5.41, 5.74) is -1.59. The molecule has 1 aromatic carbocycles. The van der Waals surface area contributed by atoms with Crippen molar-refractivity contribution in [2.75, 3.05) is 0 Å². The Bertz CT molecular complexity index is 945. The van der Waals surface area contributed by atoms with E-state index in [2.05, 4.69) is 14.9 Å². The highest BCUT2D eigenvalue weighted by Gasteiger charge is 2.32. The highest BCUT2D eigenvalue weighted by atomic mass is 19.4. The summed E-state index contributed by atoms with van der Waals surface area (Å²) in [5, 5.41) is 5.89. The Morgan fingerprint density at radius 3 is 2.62 bits per heavy atom. The Morgan fingerprint density at radius 2 is 1.96 bits per heavy atom. The van der Waals surface area contributed by atoms with Gasteiger partial charge in [-0.05, 0) is 30.3 Å². The first-order valence-corrected chi connectivity index (χ1v) is 6.49. The van der Waals surface area contributed by atoms with Gasteiger partial charge in [0.05, 0.1) is 11.1 Å². The summed E-state index contributed by atoms with van der Waals surface area (Å²) in [5.74, 6) is -0.692. The Labute approximate surface area is 130 Å². The maximum Gasteiger partial charge on any atom is 0.416 e. The molecular formula is C14H8F5N3O2. The number of halogens is 5. The third kappa shape index (κ3) is 2.82. The smallest absolute Gasteiger partial charge is 0.416 e. The third-order valence-corrected chi connectivity index (χ3v) is 3.25. The summed E-state index contributed by atoms with van der Waals surface area (Å²) in [6, 6.07) is 5.14. The quantitative estimate of drug-likeness (QED) is 0.741. The lowest BCUT2D eigenvalue weighted by atomic mass is 10.1. The molecule has 0 fully saturated rings. The second-order valence-electron chi connectivity index (χ2n) is 4.73. The fourth-order valence-electron chi connectivity index (χ4n) is 2.25. The number of rotatable bonds is 3. The Balaban J connectivity index is 2.24. The van der Waals surface area contributed by atoms with Crippen LogP contribution in [0, 0.1) is 0 Å². The summed E-state index contributed by atoms with van der Waals surface area (Å²) >= 11 is 0. The van der Waals surface area contributed by atoms with Gasteiger partial charge < -0.3 is 4.74 Å². The zero-order valence-corrected chi connectivity index (χ0v) is 11.6. The van der Waals surface area contributed by atoms with Gasteiger partial charge in [0.2, 0.25) is 0 Å². The third-order valence-electron chi connectivity index (χ3n) is 3.25. The SMILES string of the molecule is O=c1[nH]nc(-c2ccc(C(F)(F)F)cc2OC(F)F)c2cccn12. The van der Waals surface area contributed by atoms with Crippen LogP contribution in [0.2, 0.25) is 0 Å². The van der Waals surface area contributed by atoms with Crippen LogP contribution in [-0.4, -0.2) is 21.2 Å². The van der Waals surface area contributed by atoms with E-state index in [0.717, 1.165) is 16.5 Å². The molecule has 24 heavy (non-hydrogen) atoms. The number of fused-ring (bicyclic) bond motifs is 1. The van der Waals surface area contributed by atoms with Gasteiger partial charge in [-0.3, -0.25) is 4.40 Å². The molecule has 0 saturated heterocycles. The van der Waals surface area contributed by atoms with Gasteiger partial charge in [-0.2, -0.15) is 27.1 Å². The maximum atomic E-state index is 12.8. The van der Waals surface area contributed by atoms with E-state index >= 15 is 0 Å². The van der Waals surface area contributed by atoms with E-state index < -0.39 is 29.8 Å². The fraction of sp³-hybridized carbons (Fsp3) is 0.143. The molecule has 126 valence electrons. The predicted molar refractivity (Wildman–Crippen MR) is 72.9 cm³/mol. The number of hydrogen-bond acceptors (Lipinski definition) is 3. The van der Waals surface area contributed by atoms with Crippen molar-refractivity contribution >= 4 is 5.52 Å². The molecule has 0 spiro atoms. The molecule has 0 saturated carbocycles. The van der Waals surface area contributed by atoms with Crippen LogP contribution in [0.15, 0.2) is 41.3 Å². The topological polar surface area (TPSA) is 59.4 Å². The zero-order chi connectivity index (χ0) is 17.5. The van der Waals surface area contributed by atoms with Crippen molar-refractivity contribution in [3.05, 3.63) is 52.6 Å². The Kier molecular flexibility index (Phi) is 3.74. The van der Waals surface area contributed by atoms with Crippen molar-refractivity contribution < 1.29 is 26.7 Å². The van der Waals surface area contributed by atoms with E-state index in [9.17, 15) is 26.7 Å². The first-order valence-electron chi connectivity index (χ1n) is 6.49. The van der Waals surface area contributed by atoms with E-state index in [0.29, 0.717) is 6.07 Å². The lowest BCUT2D eigenvalue weighted by Gasteiger charge is -2.14.